The highest BCUT2D eigenvalue weighted by atomic mass is 15.4. The van der Waals surface area contributed by atoms with E-state index in [1.807, 2.05) is 23.7 Å². The van der Waals surface area contributed by atoms with E-state index in [0.717, 1.165) is 29.9 Å². The lowest BCUT2D eigenvalue weighted by molar-refractivity contribution is 0.543. The van der Waals surface area contributed by atoms with Crippen molar-refractivity contribution in [1.82, 2.24) is 20.0 Å². The Kier molecular flexibility index (Phi) is 3.49. The van der Waals surface area contributed by atoms with Crippen molar-refractivity contribution in [3.8, 4) is 0 Å². The minimum absolute atomic E-state index is 0.196. The molecule has 5 heteroatoms. The zero-order valence-electron chi connectivity index (χ0n) is 10.2. The van der Waals surface area contributed by atoms with Gasteiger partial charge >= 0.3 is 0 Å². The summed E-state index contributed by atoms with van der Waals surface area (Å²) in [5, 5.41) is 7.97. The van der Waals surface area contributed by atoms with Gasteiger partial charge in [0.2, 0.25) is 0 Å². The third kappa shape index (κ3) is 2.50. The van der Waals surface area contributed by atoms with Crippen LogP contribution in [-0.2, 0) is 6.54 Å². The van der Waals surface area contributed by atoms with Gasteiger partial charge in [0.25, 0.3) is 0 Å². The fraction of sp³-hybridized carbons (Fsp3) is 0.417. The van der Waals surface area contributed by atoms with Gasteiger partial charge in [-0.3, -0.25) is 4.98 Å². The lowest BCUT2D eigenvalue weighted by Crippen LogP contribution is -2.17. The fourth-order valence-electron chi connectivity index (χ4n) is 1.82. The van der Waals surface area contributed by atoms with Gasteiger partial charge in [-0.25, -0.2) is 4.68 Å². The van der Waals surface area contributed by atoms with Gasteiger partial charge in [0, 0.05) is 18.4 Å². The van der Waals surface area contributed by atoms with Crippen LogP contribution in [0.3, 0.4) is 0 Å². The first-order chi connectivity index (χ1) is 8.22. The van der Waals surface area contributed by atoms with Crippen LogP contribution in [0.2, 0.25) is 0 Å². The molecule has 2 heterocycles. The molecule has 0 bridgehead atoms. The fourth-order valence-corrected chi connectivity index (χ4v) is 1.82. The molecule has 0 aliphatic heterocycles. The number of nitrogens with zero attached hydrogens (tertiary/aromatic N) is 4. The summed E-state index contributed by atoms with van der Waals surface area (Å²) in [7, 11) is 0. The zero-order valence-corrected chi connectivity index (χ0v) is 10.2. The minimum Gasteiger partial charge on any atom is -0.319 e. The van der Waals surface area contributed by atoms with Crippen LogP contribution in [-0.4, -0.2) is 20.0 Å². The topological polar surface area (TPSA) is 69.6 Å². The van der Waals surface area contributed by atoms with Gasteiger partial charge in [-0.2, -0.15) is 0 Å². The van der Waals surface area contributed by atoms with E-state index in [4.69, 9.17) is 5.73 Å². The molecule has 0 aliphatic carbocycles. The molecule has 17 heavy (non-hydrogen) atoms. The molecule has 2 aromatic rings. The van der Waals surface area contributed by atoms with Crippen molar-refractivity contribution >= 4 is 0 Å². The molecular weight excluding hydrogens is 214 g/mol. The van der Waals surface area contributed by atoms with Crippen LogP contribution < -0.4 is 5.73 Å². The maximum absolute atomic E-state index is 6.23. The highest BCUT2D eigenvalue weighted by Crippen LogP contribution is 2.18. The summed E-state index contributed by atoms with van der Waals surface area (Å²) in [5.41, 5.74) is 9.18. The molecule has 1 atom stereocenters. The smallest absolute Gasteiger partial charge is 0.0799 e. The average Bonchev–Trinajstić information content (AvgIpc) is 2.77. The Bertz CT molecular complexity index is 491. The quantitative estimate of drug-likeness (QED) is 0.864. The zero-order chi connectivity index (χ0) is 12.3. The first-order valence-electron chi connectivity index (χ1n) is 5.79. The van der Waals surface area contributed by atoms with E-state index in [9.17, 15) is 0 Å². The molecule has 2 N–H and O–H groups in total. The molecule has 2 rings (SSSR count). The Morgan fingerprint density at radius 1 is 1.47 bits per heavy atom. The van der Waals surface area contributed by atoms with E-state index < -0.39 is 0 Å². The van der Waals surface area contributed by atoms with E-state index in [2.05, 4.69) is 22.2 Å². The highest BCUT2D eigenvalue weighted by molar-refractivity contribution is 5.26. The van der Waals surface area contributed by atoms with Crippen molar-refractivity contribution in [2.24, 2.45) is 5.73 Å². The van der Waals surface area contributed by atoms with Crippen LogP contribution in [0.1, 0.15) is 36.3 Å². The van der Waals surface area contributed by atoms with Crippen molar-refractivity contribution in [2.75, 3.05) is 0 Å². The maximum atomic E-state index is 6.23. The number of pyridine rings is 1. The van der Waals surface area contributed by atoms with E-state index in [0.29, 0.717) is 0 Å². The van der Waals surface area contributed by atoms with Crippen molar-refractivity contribution < 1.29 is 0 Å². The van der Waals surface area contributed by atoms with Gasteiger partial charge in [0.1, 0.15) is 0 Å². The monoisotopic (exact) mass is 231 g/mol. The Balaban J connectivity index is 2.30. The molecule has 0 amide bonds. The molecule has 1 unspecified atom stereocenters. The van der Waals surface area contributed by atoms with Gasteiger partial charge in [-0.05, 0) is 31.0 Å². The third-order valence-electron chi connectivity index (χ3n) is 2.68. The van der Waals surface area contributed by atoms with Gasteiger partial charge in [-0.15, -0.1) is 5.10 Å². The van der Waals surface area contributed by atoms with Crippen LogP contribution in [0.25, 0.3) is 0 Å². The molecule has 0 fully saturated rings. The summed E-state index contributed by atoms with van der Waals surface area (Å²) in [6.45, 7) is 4.90. The predicted octanol–water partition coefficient (Wildman–Crippen LogP) is 1.44. The normalized spacial score (nSPS) is 12.6. The third-order valence-corrected chi connectivity index (χ3v) is 2.68. The van der Waals surface area contributed by atoms with Crippen molar-refractivity contribution in [3.63, 3.8) is 0 Å². The molecule has 90 valence electrons. The second-order valence-corrected chi connectivity index (χ2v) is 4.09. The summed E-state index contributed by atoms with van der Waals surface area (Å²) < 4.78 is 1.86. The molecule has 0 spiro atoms. The summed E-state index contributed by atoms with van der Waals surface area (Å²) in [5.74, 6) is 0. The second kappa shape index (κ2) is 5.05. The molecule has 5 nitrogen and oxygen atoms in total. The minimum atomic E-state index is -0.196. The summed E-state index contributed by atoms with van der Waals surface area (Å²) in [6.07, 6.45) is 4.52. The van der Waals surface area contributed by atoms with E-state index in [1.165, 1.54) is 0 Å². The highest BCUT2D eigenvalue weighted by Gasteiger charge is 2.14. The van der Waals surface area contributed by atoms with Gasteiger partial charge in [0.05, 0.1) is 17.9 Å². The molecule has 0 saturated heterocycles. The SMILES string of the molecule is CCCn1nncc1C(N)c1ccnc(C)c1. The molecule has 0 radical (unpaired) electrons. The van der Waals surface area contributed by atoms with Gasteiger partial charge in [-0.1, -0.05) is 12.1 Å². The van der Waals surface area contributed by atoms with Crippen LogP contribution in [0.5, 0.6) is 0 Å². The summed E-state index contributed by atoms with van der Waals surface area (Å²) >= 11 is 0. The molecule has 0 aromatic carbocycles. The number of aromatic nitrogens is 4. The number of aryl methyl sites for hydroxylation is 2. The Morgan fingerprint density at radius 3 is 3.00 bits per heavy atom. The van der Waals surface area contributed by atoms with Crippen LogP contribution in [0, 0.1) is 6.92 Å². The van der Waals surface area contributed by atoms with E-state index >= 15 is 0 Å². The standard InChI is InChI=1S/C12H17N5/c1-3-6-17-11(8-15-16-17)12(13)10-4-5-14-9(2)7-10/h4-5,7-8,12H,3,6,13H2,1-2H3. The Labute approximate surface area is 101 Å². The summed E-state index contributed by atoms with van der Waals surface area (Å²) in [6, 6.07) is 3.73. The van der Waals surface area contributed by atoms with Crippen molar-refractivity contribution in [2.45, 2.75) is 32.9 Å². The lowest BCUT2D eigenvalue weighted by Gasteiger charge is -2.13. The first-order valence-corrected chi connectivity index (χ1v) is 5.79. The second-order valence-electron chi connectivity index (χ2n) is 4.09. The largest absolute Gasteiger partial charge is 0.319 e. The lowest BCUT2D eigenvalue weighted by atomic mass is 10.1. The van der Waals surface area contributed by atoms with Crippen LogP contribution in [0.15, 0.2) is 24.5 Å². The number of nitrogens with two attached hydrogens (primary N) is 1. The number of hydrogen-bond donors (Lipinski definition) is 1. The Morgan fingerprint density at radius 2 is 2.29 bits per heavy atom. The summed E-state index contributed by atoms with van der Waals surface area (Å²) in [4.78, 5) is 4.17. The Hall–Kier alpha value is -1.75. The first kappa shape index (κ1) is 11.7. The average molecular weight is 231 g/mol. The van der Waals surface area contributed by atoms with Crippen LogP contribution >= 0.6 is 0 Å². The maximum Gasteiger partial charge on any atom is 0.0799 e. The van der Waals surface area contributed by atoms with Crippen LogP contribution in [0.4, 0.5) is 0 Å². The predicted molar refractivity (Wildman–Crippen MR) is 65.3 cm³/mol. The van der Waals surface area contributed by atoms with Gasteiger partial charge in [0.15, 0.2) is 0 Å². The molecule has 0 aliphatic rings. The molecular formula is C12H17N5. The number of rotatable bonds is 4. The molecule has 0 saturated carbocycles. The van der Waals surface area contributed by atoms with E-state index in [1.54, 1.807) is 12.4 Å². The van der Waals surface area contributed by atoms with Crippen molar-refractivity contribution in [1.29, 1.82) is 0 Å². The number of hydrogen-bond acceptors (Lipinski definition) is 4. The van der Waals surface area contributed by atoms with Crippen molar-refractivity contribution in [3.05, 3.63) is 41.5 Å². The van der Waals surface area contributed by atoms with Gasteiger partial charge < -0.3 is 5.73 Å². The van der Waals surface area contributed by atoms with E-state index in [-0.39, 0.29) is 6.04 Å². The molecule has 2 aromatic heterocycles.